The van der Waals surface area contributed by atoms with Gasteiger partial charge < -0.3 is 15.5 Å². The Morgan fingerprint density at radius 1 is 0.882 bits per heavy atom. The first kappa shape index (κ1) is 23.7. The zero-order valence-corrected chi connectivity index (χ0v) is 19.1. The van der Waals surface area contributed by atoms with Crippen molar-refractivity contribution in [1.29, 1.82) is 0 Å². The second kappa shape index (κ2) is 11.1. The first-order chi connectivity index (χ1) is 16.5. The predicted octanol–water partition coefficient (Wildman–Crippen LogP) is 4.66. The molecule has 0 saturated heterocycles. The summed E-state index contributed by atoms with van der Waals surface area (Å²) in [6.45, 7) is -0.194. The number of aliphatic carboxylic acids is 1. The number of carbonyl (C=O) groups is 2. The van der Waals surface area contributed by atoms with E-state index < -0.39 is 17.9 Å². The zero-order valence-electron chi connectivity index (χ0n) is 19.1. The van der Waals surface area contributed by atoms with Crippen molar-refractivity contribution < 1.29 is 19.8 Å². The summed E-state index contributed by atoms with van der Waals surface area (Å²) in [6.07, 6.45) is 1.79. The molecule has 3 aromatic carbocycles. The van der Waals surface area contributed by atoms with Gasteiger partial charge in [0, 0.05) is 5.92 Å². The molecule has 5 heteroatoms. The van der Waals surface area contributed by atoms with E-state index in [-0.39, 0.29) is 18.9 Å². The van der Waals surface area contributed by atoms with Crippen molar-refractivity contribution in [2.75, 3.05) is 6.61 Å². The van der Waals surface area contributed by atoms with Crippen LogP contribution in [0, 0.1) is 11.8 Å². The molecule has 1 saturated carbocycles. The molecule has 3 unspecified atom stereocenters. The van der Waals surface area contributed by atoms with Crippen LogP contribution >= 0.6 is 0 Å². The van der Waals surface area contributed by atoms with E-state index >= 15 is 0 Å². The fourth-order valence-electron chi connectivity index (χ4n) is 4.71. The number of amides is 1. The van der Waals surface area contributed by atoms with Crippen LogP contribution in [0.1, 0.15) is 36.3 Å². The highest BCUT2D eigenvalue weighted by atomic mass is 16.4. The van der Waals surface area contributed by atoms with Gasteiger partial charge in [0.1, 0.15) is 0 Å². The maximum absolute atomic E-state index is 13.0. The van der Waals surface area contributed by atoms with Gasteiger partial charge in [0.15, 0.2) is 0 Å². The first-order valence-electron chi connectivity index (χ1n) is 11.9. The lowest BCUT2D eigenvalue weighted by Gasteiger charge is -2.21. The van der Waals surface area contributed by atoms with E-state index in [9.17, 15) is 19.8 Å². The number of aliphatic hydroxyl groups excluding tert-OH is 1. The predicted molar refractivity (Wildman–Crippen MR) is 132 cm³/mol. The van der Waals surface area contributed by atoms with Gasteiger partial charge in [-0.25, -0.2) is 0 Å². The van der Waals surface area contributed by atoms with Crippen molar-refractivity contribution >= 4 is 11.9 Å². The lowest BCUT2D eigenvalue weighted by molar-refractivity contribution is -0.141. The average Bonchev–Trinajstić information content (AvgIpc) is 3.63. The Morgan fingerprint density at radius 3 is 2.12 bits per heavy atom. The molecule has 4 atom stereocenters. The number of nitrogens with one attached hydrogen (secondary N) is 1. The minimum absolute atomic E-state index is 0.194. The molecule has 0 spiro atoms. The van der Waals surface area contributed by atoms with E-state index in [1.165, 1.54) is 11.1 Å². The summed E-state index contributed by atoms with van der Waals surface area (Å²) in [5.74, 6) is -1.23. The normalized spacial score (nSPS) is 18.6. The van der Waals surface area contributed by atoms with Crippen molar-refractivity contribution in [3.05, 3.63) is 96.1 Å². The van der Waals surface area contributed by atoms with Crippen molar-refractivity contribution in [3.8, 4) is 11.1 Å². The largest absolute Gasteiger partial charge is 0.481 e. The van der Waals surface area contributed by atoms with Crippen LogP contribution in [0.3, 0.4) is 0 Å². The van der Waals surface area contributed by atoms with E-state index in [2.05, 4.69) is 41.7 Å². The molecule has 176 valence electrons. The quantitative estimate of drug-likeness (QED) is 0.391. The van der Waals surface area contributed by atoms with Gasteiger partial charge >= 0.3 is 5.97 Å². The topological polar surface area (TPSA) is 86.6 Å². The number of hydrogen-bond acceptors (Lipinski definition) is 3. The number of rotatable bonds is 11. The minimum Gasteiger partial charge on any atom is -0.481 e. The summed E-state index contributed by atoms with van der Waals surface area (Å²) < 4.78 is 0. The Bertz CT molecular complexity index is 1080. The van der Waals surface area contributed by atoms with E-state index in [0.717, 1.165) is 17.5 Å². The van der Waals surface area contributed by atoms with Crippen LogP contribution in [-0.2, 0) is 16.0 Å². The molecular formula is C29H31NO4. The molecule has 3 aromatic rings. The molecule has 0 aromatic heterocycles. The molecule has 0 heterocycles. The van der Waals surface area contributed by atoms with E-state index in [4.69, 9.17) is 0 Å². The molecule has 1 aliphatic carbocycles. The monoisotopic (exact) mass is 457 g/mol. The highest BCUT2D eigenvalue weighted by molar-refractivity contribution is 5.83. The van der Waals surface area contributed by atoms with Gasteiger partial charge in [0.05, 0.1) is 19.1 Å². The summed E-state index contributed by atoms with van der Waals surface area (Å²) in [5, 5.41) is 22.0. The molecule has 5 nitrogen and oxygen atoms in total. The highest BCUT2D eigenvalue weighted by Gasteiger charge is 2.41. The number of carboxylic acids is 1. The zero-order chi connectivity index (χ0) is 23.9. The van der Waals surface area contributed by atoms with Crippen molar-refractivity contribution in [2.45, 2.75) is 37.6 Å². The molecule has 34 heavy (non-hydrogen) atoms. The first-order valence-corrected chi connectivity index (χ1v) is 11.9. The Morgan fingerprint density at radius 2 is 1.50 bits per heavy atom. The van der Waals surface area contributed by atoms with E-state index in [1.807, 2.05) is 48.5 Å². The SMILES string of the molecule is O=C(O)CC(CC1CC1c1ccc(-c2ccccc2)cc1)C(=O)N[C@H](CO)Cc1ccccc1. The van der Waals surface area contributed by atoms with Gasteiger partial charge in [-0.05, 0) is 53.4 Å². The van der Waals surface area contributed by atoms with Gasteiger partial charge in [0.2, 0.25) is 5.91 Å². The molecule has 0 aliphatic heterocycles. The smallest absolute Gasteiger partial charge is 0.304 e. The maximum atomic E-state index is 13.0. The summed E-state index contributed by atoms with van der Waals surface area (Å²) in [6, 6.07) is 27.9. The minimum atomic E-state index is -0.979. The van der Waals surface area contributed by atoms with Gasteiger partial charge in [-0.2, -0.15) is 0 Å². The second-order valence-electron chi connectivity index (χ2n) is 9.20. The number of carbonyl (C=O) groups excluding carboxylic acids is 1. The third-order valence-corrected chi connectivity index (χ3v) is 6.64. The summed E-state index contributed by atoms with van der Waals surface area (Å²) in [5.41, 5.74) is 4.58. The van der Waals surface area contributed by atoms with Crippen LogP contribution in [0.25, 0.3) is 11.1 Å². The number of benzene rings is 3. The van der Waals surface area contributed by atoms with Crippen molar-refractivity contribution in [2.24, 2.45) is 11.8 Å². The molecule has 1 aliphatic rings. The summed E-state index contributed by atoms with van der Waals surface area (Å²) in [7, 11) is 0. The van der Waals surface area contributed by atoms with Crippen molar-refractivity contribution in [3.63, 3.8) is 0 Å². The van der Waals surface area contributed by atoms with Gasteiger partial charge in [-0.15, -0.1) is 0 Å². The molecule has 4 rings (SSSR count). The molecule has 1 amide bonds. The van der Waals surface area contributed by atoms with E-state index in [0.29, 0.717) is 24.7 Å². The van der Waals surface area contributed by atoms with Crippen LogP contribution in [0.2, 0.25) is 0 Å². The van der Waals surface area contributed by atoms with Gasteiger partial charge in [-0.3, -0.25) is 9.59 Å². The summed E-state index contributed by atoms with van der Waals surface area (Å²) in [4.78, 5) is 24.4. The van der Waals surface area contributed by atoms with Crippen LogP contribution in [0.15, 0.2) is 84.9 Å². The standard InChI is InChI=1S/C29H31NO4/c31-19-26(15-20-7-3-1-4-8-20)30-29(34)25(18-28(32)33)16-24-17-27(24)23-13-11-22(12-14-23)21-9-5-2-6-10-21/h1-14,24-27,31H,15-19H2,(H,30,34)(H,32,33)/t24?,25?,26-,27?/m0/s1. The lowest BCUT2D eigenvalue weighted by atomic mass is 9.94. The Kier molecular flexibility index (Phi) is 7.76. The molecule has 1 fully saturated rings. The number of aliphatic hydroxyl groups is 1. The van der Waals surface area contributed by atoms with Crippen LogP contribution in [0.5, 0.6) is 0 Å². The van der Waals surface area contributed by atoms with E-state index in [1.54, 1.807) is 0 Å². The Labute approximate surface area is 200 Å². The van der Waals surface area contributed by atoms with Crippen LogP contribution < -0.4 is 5.32 Å². The third kappa shape index (κ3) is 6.33. The van der Waals surface area contributed by atoms with Gasteiger partial charge in [-0.1, -0.05) is 84.9 Å². The van der Waals surface area contributed by atoms with Gasteiger partial charge in [0.25, 0.3) is 0 Å². The summed E-state index contributed by atoms with van der Waals surface area (Å²) >= 11 is 0. The lowest BCUT2D eigenvalue weighted by Crippen LogP contribution is -2.43. The molecule has 3 N–H and O–H groups in total. The fraction of sp³-hybridized carbons (Fsp3) is 0.310. The average molecular weight is 458 g/mol. The third-order valence-electron chi connectivity index (χ3n) is 6.64. The fourth-order valence-corrected chi connectivity index (χ4v) is 4.71. The van der Waals surface area contributed by atoms with Crippen LogP contribution in [-0.4, -0.2) is 34.7 Å². The molecule has 0 radical (unpaired) electrons. The highest BCUT2D eigenvalue weighted by Crippen LogP contribution is 2.51. The van der Waals surface area contributed by atoms with Crippen LogP contribution in [0.4, 0.5) is 0 Å². The molecular weight excluding hydrogens is 426 g/mol. The molecule has 0 bridgehead atoms. The Balaban J connectivity index is 1.36. The number of carboxylic acid groups (broad SMARTS) is 1. The maximum Gasteiger partial charge on any atom is 0.304 e. The Hall–Kier alpha value is -3.44. The second-order valence-corrected chi connectivity index (χ2v) is 9.20. The number of hydrogen-bond donors (Lipinski definition) is 3. The van der Waals surface area contributed by atoms with Crippen molar-refractivity contribution in [1.82, 2.24) is 5.32 Å².